The summed E-state index contributed by atoms with van der Waals surface area (Å²) < 4.78 is 1.86. The molecule has 1 fully saturated rings. The van der Waals surface area contributed by atoms with Crippen LogP contribution in [-0.4, -0.2) is 39.8 Å². The third-order valence-corrected chi connectivity index (χ3v) is 2.83. The van der Waals surface area contributed by atoms with Crippen LogP contribution >= 0.6 is 0 Å². The minimum absolute atomic E-state index is 0.000466. The molecule has 1 aromatic heterocycles. The van der Waals surface area contributed by atoms with Gasteiger partial charge in [0.2, 0.25) is 5.91 Å². The van der Waals surface area contributed by atoms with Gasteiger partial charge in [-0.15, -0.1) is 10.2 Å². The number of nitrogens with one attached hydrogen (secondary N) is 2. The minimum atomic E-state index is -0.000466. The van der Waals surface area contributed by atoms with Crippen LogP contribution in [-0.2, 0) is 18.3 Å². The molecule has 1 aliphatic heterocycles. The average Bonchev–Trinajstić information content (AvgIpc) is 2.90. The molecule has 0 aliphatic carbocycles. The van der Waals surface area contributed by atoms with Crippen molar-refractivity contribution in [1.82, 2.24) is 25.4 Å². The minimum Gasteiger partial charge on any atom is -0.354 e. The predicted molar refractivity (Wildman–Crippen MR) is 58.7 cm³/mol. The normalized spacial score (nSPS) is 19.9. The zero-order chi connectivity index (χ0) is 11.4. The van der Waals surface area contributed by atoms with Crippen molar-refractivity contribution in [2.24, 2.45) is 7.05 Å². The van der Waals surface area contributed by atoms with Crippen LogP contribution in [0.25, 0.3) is 0 Å². The molecule has 0 bridgehead atoms. The number of hydrogen-bond acceptors (Lipinski definition) is 4. The highest BCUT2D eigenvalue weighted by Crippen LogP contribution is 2.04. The molecule has 2 heterocycles. The summed E-state index contributed by atoms with van der Waals surface area (Å²) >= 11 is 0. The molecular weight excluding hydrogens is 206 g/mol. The van der Waals surface area contributed by atoms with Gasteiger partial charge in [-0.25, -0.2) is 0 Å². The summed E-state index contributed by atoms with van der Waals surface area (Å²) in [6.07, 6.45) is 4.40. The number of rotatable bonds is 4. The molecule has 1 aromatic rings. The van der Waals surface area contributed by atoms with Crippen molar-refractivity contribution < 1.29 is 4.79 Å². The monoisotopic (exact) mass is 223 g/mol. The Hall–Kier alpha value is -1.43. The fraction of sp³-hybridized carbons (Fsp3) is 0.700. The van der Waals surface area contributed by atoms with Crippen LogP contribution < -0.4 is 10.6 Å². The molecular formula is C10H17N5O. The predicted octanol–water partition coefficient (Wildman–Crippen LogP) is -0.774. The third-order valence-electron chi connectivity index (χ3n) is 2.83. The Morgan fingerprint density at radius 3 is 3.25 bits per heavy atom. The van der Waals surface area contributed by atoms with E-state index in [2.05, 4.69) is 20.8 Å². The molecule has 6 heteroatoms. The van der Waals surface area contributed by atoms with Gasteiger partial charge in [-0.05, 0) is 19.4 Å². The molecule has 6 nitrogen and oxygen atoms in total. The molecule has 0 radical (unpaired) electrons. The van der Waals surface area contributed by atoms with Gasteiger partial charge >= 0.3 is 0 Å². The number of aromatic nitrogens is 3. The molecule has 1 saturated heterocycles. The number of hydrogen-bond donors (Lipinski definition) is 2. The zero-order valence-corrected chi connectivity index (χ0v) is 9.44. The van der Waals surface area contributed by atoms with E-state index in [-0.39, 0.29) is 11.9 Å². The van der Waals surface area contributed by atoms with E-state index >= 15 is 0 Å². The zero-order valence-electron chi connectivity index (χ0n) is 9.44. The summed E-state index contributed by atoms with van der Waals surface area (Å²) in [7, 11) is 1.90. The molecule has 0 saturated carbocycles. The third kappa shape index (κ3) is 2.57. The highest BCUT2D eigenvalue weighted by molar-refractivity contribution is 5.81. The average molecular weight is 223 g/mol. The Bertz CT molecular complexity index is 356. The number of carbonyl (C=O) groups excluding carboxylic acids is 1. The van der Waals surface area contributed by atoms with E-state index in [9.17, 15) is 4.79 Å². The number of amides is 1. The first-order valence-electron chi connectivity index (χ1n) is 5.61. The van der Waals surface area contributed by atoms with E-state index in [1.165, 1.54) is 0 Å². The fourth-order valence-electron chi connectivity index (χ4n) is 1.86. The van der Waals surface area contributed by atoms with Gasteiger partial charge in [-0.2, -0.15) is 0 Å². The Morgan fingerprint density at radius 2 is 2.62 bits per heavy atom. The van der Waals surface area contributed by atoms with Crippen LogP contribution in [0.1, 0.15) is 18.7 Å². The largest absolute Gasteiger partial charge is 0.354 e. The van der Waals surface area contributed by atoms with Crippen LogP contribution in [0.3, 0.4) is 0 Å². The van der Waals surface area contributed by atoms with Gasteiger partial charge in [0.1, 0.15) is 12.2 Å². The van der Waals surface area contributed by atoms with E-state index in [0.717, 1.165) is 31.6 Å². The van der Waals surface area contributed by atoms with E-state index < -0.39 is 0 Å². The molecule has 1 atom stereocenters. The molecule has 1 amide bonds. The lowest BCUT2D eigenvalue weighted by Gasteiger charge is -2.10. The summed E-state index contributed by atoms with van der Waals surface area (Å²) in [5, 5.41) is 13.8. The first-order valence-corrected chi connectivity index (χ1v) is 5.61. The van der Waals surface area contributed by atoms with Gasteiger partial charge in [0.05, 0.1) is 6.04 Å². The fourth-order valence-corrected chi connectivity index (χ4v) is 1.86. The number of nitrogens with zero attached hydrogens (tertiary/aromatic N) is 3. The van der Waals surface area contributed by atoms with Crippen LogP contribution in [0.4, 0.5) is 0 Å². The highest BCUT2D eigenvalue weighted by atomic mass is 16.2. The molecule has 88 valence electrons. The topological polar surface area (TPSA) is 71.8 Å². The lowest BCUT2D eigenvalue weighted by Crippen LogP contribution is -2.41. The highest BCUT2D eigenvalue weighted by Gasteiger charge is 2.21. The van der Waals surface area contributed by atoms with Crippen molar-refractivity contribution in [3.63, 3.8) is 0 Å². The van der Waals surface area contributed by atoms with E-state index in [1.54, 1.807) is 6.33 Å². The second kappa shape index (κ2) is 5.07. The Kier molecular flexibility index (Phi) is 3.51. The SMILES string of the molecule is Cn1cnnc1CCNC(=O)[C@@H]1CCCN1. The smallest absolute Gasteiger partial charge is 0.237 e. The van der Waals surface area contributed by atoms with E-state index in [0.29, 0.717) is 6.54 Å². The van der Waals surface area contributed by atoms with Gasteiger partial charge in [-0.1, -0.05) is 0 Å². The maximum atomic E-state index is 11.6. The van der Waals surface area contributed by atoms with Crippen molar-refractivity contribution in [3.05, 3.63) is 12.2 Å². The van der Waals surface area contributed by atoms with Crippen molar-refractivity contribution in [3.8, 4) is 0 Å². The molecule has 1 aliphatic rings. The van der Waals surface area contributed by atoms with Crippen LogP contribution in [0, 0.1) is 0 Å². The second-order valence-corrected chi connectivity index (χ2v) is 4.05. The summed E-state index contributed by atoms with van der Waals surface area (Å²) in [5.41, 5.74) is 0. The first-order chi connectivity index (χ1) is 7.77. The van der Waals surface area contributed by atoms with Crippen LogP contribution in [0.15, 0.2) is 6.33 Å². The van der Waals surface area contributed by atoms with Crippen molar-refractivity contribution in [1.29, 1.82) is 0 Å². The van der Waals surface area contributed by atoms with E-state index in [1.807, 2.05) is 11.6 Å². The Labute approximate surface area is 94.4 Å². The van der Waals surface area contributed by atoms with Crippen LogP contribution in [0.2, 0.25) is 0 Å². The lowest BCUT2D eigenvalue weighted by atomic mass is 10.2. The number of aryl methyl sites for hydroxylation is 1. The van der Waals surface area contributed by atoms with Crippen LogP contribution in [0.5, 0.6) is 0 Å². The molecule has 0 spiro atoms. The molecule has 0 unspecified atom stereocenters. The summed E-state index contributed by atoms with van der Waals surface area (Å²) in [6, 6.07) is -0.000466. The Morgan fingerprint density at radius 1 is 1.75 bits per heavy atom. The lowest BCUT2D eigenvalue weighted by molar-refractivity contribution is -0.122. The van der Waals surface area contributed by atoms with Gasteiger partial charge in [-0.3, -0.25) is 4.79 Å². The second-order valence-electron chi connectivity index (χ2n) is 4.05. The van der Waals surface area contributed by atoms with Gasteiger partial charge in [0, 0.05) is 20.0 Å². The molecule has 2 rings (SSSR count). The Balaban J connectivity index is 1.71. The molecule has 0 aromatic carbocycles. The van der Waals surface area contributed by atoms with Crippen molar-refractivity contribution in [2.75, 3.05) is 13.1 Å². The van der Waals surface area contributed by atoms with Gasteiger partial charge in [0.25, 0.3) is 0 Å². The van der Waals surface area contributed by atoms with Gasteiger partial charge in [0.15, 0.2) is 0 Å². The van der Waals surface area contributed by atoms with Crippen molar-refractivity contribution in [2.45, 2.75) is 25.3 Å². The standard InChI is InChI=1S/C10H17N5O/c1-15-7-13-14-9(15)4-6-12-10(16)8-3-2-5-11-8/h7-8,11H,2-6H2,1H3,(H,12,16)/t8-/m0/s1. The summed E-state index contributed by atoms with van der Waals surface area (Å²) in [6.45, 7) is 1.56. The quantitative estimate of drug-likeness (QED) is 0.703. The van der Waals surface area contributed by atoms with E-state index in [4.69, 9.17) is 0 Å². The molecule has 16 heavy (non-hydrogen) atoms. The molecule has 2 N–H and O–H groups in total. The maximum absolute atomic E-state index is 11.6. The maximum Gasteiger partial charge on any atom is 0.237 e. The van der Waals surface area contributed by atoms with Gasteiger partial charge < -0.3 is 15.2 Å². The number of carbonyl (C=O) groups is 1. The first kappa shape index (κ1) is 11.1. The summed E-state index contributed by atoms with van der Waals surface area (Å²) in [5.74, 6) is 0.986. The van der Waals surface area contributed by atoms with Crippen molar-refractivity contribution >= 4 is 5.91 Å². The summed E-state index contributed by atoms with van der Waals surface area (Å²) in [4.78, 5) is 11.6.